The zero-order chi connectivity index (χ0) is 26.2. The van der Waals surface area contributed by atoms with E-state index in [0.717, 1.165) is 30.6 Å². The van der Waals surface area contributed by atoms with E-state index in [9.17, 15) is 18.0 Å². The Hall–Kier alpha value is -3.14. The van der Waals surface area contributed by atoms with Crippen LogP contribution in [0.15, 0.2) is 30.5 Å². The van der Waals surface area contributed by atoms with E-state index in [0.29, 0.717) is 69.0 Å². The predicted octanol–water partition coefficient (Wildman–Crippen LogP) is 2.69. The zero-order valence-electron chi connectivity index (χ0n) is 21.6. The monoisotopic (exact) mass is 525 g/mol. The van der Waals surface area contributed by atoms with Gasteiger partial charge in [-0.3, -0.25) is 13.9 Å². The van der Waals surface area contributed by atoms with Crippen molar-refractivity contribution in [3.63, 3.8) is 0 Å². The van der Waals surface area contributed by atoms with Gasteiger partial charge in [0.2, 0.25) is 10.0 Å². The number of likely N-dealkylation sites (tertiary alicyclic amines) is 1. The van der Waals surface area contributed by atoms with E-state index in [4.69, 9.17) is 0 Å². The van der Waals surface area contributed by atoms with Gasteiger partial charge in [-0.15, -0.1) is 0 Å². The van der Waals surface area contributed by atoms with Gasteiger partial charge in [0.05, 0.1) is 22.6 Å². The average molecular weight is 526 g/mol. The Labute approximate surface area is 219 Å². The largest absolute Gasteiger partial charge is 0.353 e. The maximum Gasteiger partial charge on any atom is 0.254 e. The van der Waals surface area contributed by atoms with Crippen molar-refractivity contribution in [2.45, 2.75) is 39.5 Å². The molecule has 198 valence electrons. The summed E-state index contributed by atoms with van der Waals surface area (Å²) in [6, 6.07) is 7.07. The molecule has 0 unspecified atom stereocenters. The van der Waals surface area contributed by atoms with Gasteiger partial charge in [-0.25, -0.2) is 13.4 Å². The minimum atomic E-state index is -3.39. The van der Waals surface area contributed by atoms with Gasteiger partial charge >= 0.3 is 0 Å². The number of amides is 2. The quantitative estimate of drug-likeness (QED) is 0.596. The lowest BCUT2D eigenvalue weighted by Gasteiger charge is -2.36. The first-order valence-electron chi connectivity index (χ1n) is 13.2. The molecule has 37 heavy (non-hydrogen) atoms. The van der Waals surface area contributed by atoms with Crippen molar-refractivity contribution in [3.05, 3.63) is 52.7 Å². The molecule has 0 bridgehead atoms. The number of pyridine rings is 1. The summed E-state index contributed by atoms with van der Waals surface area (Å²) < 4.78 is 26.4. The fourth-order valence-corrected chi connectivity index (χ4v) is 7.07. The minimum Gasteiger partial charge on any atom is -0.353 e. The number of benzene rings is 1. The average Bonchev–Trinajstić information content (AvgIpc) is 3.57. The summed E-state index contributed by atoms with van der Waals surface area (Å²) in [5, 5.41) is 0. The number of carbonyl (C=O) groups is 2. The second kappa shape index (κ2) is 10.3. The summed E-state index contributed by atoms with van der Waals surface area (Å²) >= 11 is 0. The molecule has 2 aromatic rings. The molecular formula is C27H35N5O4S. The number of aryl methyl sites for hydroxylation is 2. The van der Waals surface area contributed by atoms with Crippen LogP contribution in [0.2, 0.25) is 0 Å². The molecule has 0 aliphatic carbocycles. The number of rotatable bonds is 5. The van der Waals surface area contributed by atoms with Crippen LogP contribution in [-0.4, -0.2) is 86.6 Å². The first-order valence-corrected chi connectivity index (χ1v) is 14.8. The molecule has 3 aliphatic heterocycles. The highest BCUT2D eigenvalue weighted by molar-refractivity contribution is 7.93. The highest BCUT2D eigenvalue weighted by Crippen LogP contribution is 2.29. The maximum atomic E-state index is 13.7. The smallest absolute Gasteiger partial charge is 0.254 e. The van der Waals surface area contributed by atoms with Crippen molar-refractivity contribution in [1.29, 1.82) is 0 Å². The van der Waals surface area contributed by atoms with E-state index >= 15 is 0 Å². The van der Waals surface area contributed by atoms with Crippen LogP contribution in [0.4, 0.5) is 11.5 Å². The highest BCUT2D eigenvalue weighted by atomic mass is 32.2. The van der Waals surface area contributed by atoms with Crippen molar-refractivity contribution in [3.8, 4) is 0 Å². The molecule has 1 aromatic carbocycles. The SMILES string of the molecule is CCc1cnc(N2CCN(C(=O)c3ccc(N4CCCS4(=O)=O)cc3C(=O)N3CCCC3)CC2)c(C)c1. The molecule has 0 N–H and O–H groups in total. The fourth-order valence-electron chi connectivity index (χ4n) is 5.51. The second-order valence-electron chi connectivity index (χ2n) is 10.1. The minimum absolute atomic E-state index is 0.100. The molecular weight excluding hydrogens is 490 g/mol. The van der Waals surface area contributed by atoms with Crippen molar-refractivity contribution >= 4 is 33.3 Å². The van der Waals surface area contributed by atoms with Crippen LogP contribution in [0.25, 0.3) is 0 Å². The van der Waals surface area contributed by atoms with E-state index in [2.05, 4.69) is 29.8 Å². The number of anilines is 2. The van der Waals surface area contributed by atoms with Gasteiger partial charge in [-0.1, -0.05) is 13.0 Å². The molecule has 0 saturated carbocycles. The molecule has 0 spiro atoms. The van der Waals surface area contributed by atoms with Gasteiger partial charge in [0.15, 0.2) is 0 Å². The molecule has 0 radical (unpaired) electrons. The maximum absolute atomic E-state index is 13.7. The normalized spacial score (nSPS) is 19.5. The topological polar surface area (TPSA) is 94.1 Å². The predicted molar refractivity (Wildman–Crippen MR) is 144 cm³/mol. The van der Waals surface area contributed by atoms with Crippen LogP contribution in [0.3, 0.4) is 0 Å². The van der Waals surface area contributed by atoms with Crippen molar-refractivity contribution in [2.24, 2.45) is 0 Å². The number of carbonyl (C=O) groups excluding carboxylic acids is 2. The van der Waals surface area contributed by atoms with E-state index in [1.165, 1.54) is 9.87 Å². The molecule has 3 fully saturated rings. The van der Waals surface area contributed by atoms with Gasteiger partial charge in [0, 0.05) is 52.0 Å². The lowest BCUT2D eigenvalue weighted by Crippen LogP contribution is -2.49. The molecule has 9 nitrogen and oxygen atoms in total. The Morgan fingerprint density at radius 1 is 0.865 bits per heavy atom. The summed E-state index contributed by atoms with van der Waals surface area (Å²) in [6.45, 7) is 8.24. The number of nitrogens with zero attached hydrogens (tertiary/aromatic N) is 5. The van der Waals surface area contributed by atoms with Gasteiger partial charge in [-0.05, 0) is 61.9 Å². The lowest BCUT2D eigenvalue weighted by atomic mass is 10.0. The first-order chi connectivity index (χ1) is 17.8. The Bertz CT molecular complexity index is 1300. The summed E-state index contributed by atoms with van der Waals surface area (Å²) in [5.41, 5.74) is 3.42. The van der Waals surface area contributed by atoms with Crippen LogP contribution in [-0.2, 0) is 16.4 Å². The summed E-state index contributed by atoms with van der Waals surface area (Å²) in [5.74, 6) is 0.659. The first kappa shape index (κ1) is 25.5. The number of sulfonamides is 1. The van der Waals surface area contributed by atoms with E-state index < -0.39 is 10.0 Å². The standard InChI is InChI=1S/C27H35N5O4S/c1-3-21-17-20(2)25(28-19-21)29-12-14-31(15-13-29)26(33)23-8-7-22(32-11-6-16-37(32,35)36)18-24(23)27(34)30-9-4-5-10-30/h7-8,17-19H,3-6,9-16H2,1-2H3. The van der Waals surface area contributed by atoms with Gasteiger partial charge in [0.1, 0.15) is 5.82 Å². The Balaban J connectivity index is 1.38. The molecule has 3 saturated heterocycles. The molecule has 3 aliphatic rings. The molecule has 5 rings (SSSR count). The van der Waals surface area contributed by atoms with Gasteiger partial charge in [-0.2, -0.15) is 0 Å². The number of hydrogen-bond donors (Lipinski definition) is 0. The zero-order valence-corrected chi connectivity index (χ0v) is 22.5. The van der Waals surface area contributed by atoms with Crippen LogP contribution >= 0.6 is 0 Å². The van der Waals surface area contributed by atoms with E-state index in [1.54, 1.807) is 28.0 Å². The van der Waals surface area contributed by atoms with Crippen LogP contribution in [0.1, 0.15) is 58.0 Å². The number of piperazine rings is 1. The van der Waals surface area contributed by atoms with Gasteiger partial charge in [0.25, 0.3) is 11.8 Å². The molecule has 1 aromatic heterocycles. The summed E-state index contributed by atoms with van der Waals surface area (Å²) in [7, 11) is -3.39. The van der Waals surface area contributed by atoms with Crippen LogP contribution < -0.4 is 9.21 Å². The third kappa shape index (κ3) is 5.03. The Morgan fingerprint density at radius 2 is 1.54 bits per heavy atom. The summed E-state index contributed by atoms with van der Waals surface area (Å²) in [6.07, 6.45) is 5.28. The number of hydrogen-bond acceptors (Lipinski definition) is 6. The van der Waals surface area contributed by atoms with Crippen LogP contribution in [0, 0.1) is 6.92 Å². The van der Waals surface area contributed by atoms with Gasteiger partial charge < -0.3 is 14.7 Å². The fraction of sp³-hybridized carbons (Fsp3) is 0.519. The molecule has 2 amide bonds. The lowest BCUT2D eigenvalue weighted by molar-refractivity contribution is 0.0724. The third-order valence-corrected chi connectivity index (χ3v) is 9.50. The molecule has 10 heteroatoms. The van der Waals surface area contributed by atoms with Crippen molar-refractivity contribution in [2.75, 3.05) is 60.8 Å². The Kier molecular flexibility index (Phi) is 7.11. The Morgan fingerprint density at radius 3 is 2.16 bits per heavy atom. The third-order valence-electron chi connectivity index (χ3n) is 7.63. The summed E-state index contributed by atoms with van der Waals surface area (Å²) in [4.78, 5) is 37.6. The van der Waals surface area contributed by atoms with E-state index in [-0.39, 0.29) is 17.6 Å². The molecule has 0 atom stereocenters. The number of aromatic nitrogens is 1. The van der Waals surface area contributed by atoms with Crippen molar-refractivity contribution in [1.82, 2.24) is 14.8 Å². The van der Waals surface area contributed by atoms with E-state index in [1.807, 2.05) is 6.20 Å². The molecule has 4 heterocycles. The van der Waals surface area contributed by atoms with Crippen LogP contribution in [0.5, 0.6) is 0 Å². The highest BCUT2D eigenvalue weighted by Gasteiger charge is 2.33. The van der Waals surface area contributed by atoms with Crippen molar-refractivity contribution < 1.29 is 18.0 Å². The second-order valence-corrected chi connectivity index (χ2v) is 12.1.